The Labute approximate surface area is 137 Å². The number of nitrogens with zero attached hydrogens (tertiary/aromatic N) is 2. The van der Waals surface area contributed by atoms with Gasteiger partial charge in [0.15, 0.2) is 11.5 Å². The standard InChI is InChI=1S/C17H13ClN2O3/c1-10(21)14-15(11-5-7-12(18)8-6-11)20(17(23)16(14)22)13-4-2-3-9-19-13/h2-9,15,22H,1H3/t15-/m0/s1. The van der Waals surface area contributed by atoms with Crippen LogP contribution in [0.4, 0.5) is 5.82 Å². The van der Waals surface area contributed by atoms with Crippen molar-refractivity contribution in [1.29, 1.82) is 0 Å². The first-order valence-corrected chi connectivity index (χ1v) is 7.32. The maximum atomic E-state index is 12.5. The molecule has 1 aliphatic heterocycles. The third-order valence-corrected chi connectivity index (χ3v) is 3.92. The monoisotopic (exact) mass is 328 g/mol. The summed E-state index contributed by atoms with van der Waals surface area (Å²) >= 11 is 5.91. The number of Topliss-reactive ketones (excluding diaryl/α,β-unsaturated/α-hetero) is 1. The number of rotatable bonds is 3. The summed E-state index contributed by atoms with van der Waals surface area (Å²) < 4.78 is 0. The number of aromatic nitrogens is 1. The van der Waals surface area contributed by atoms with Crippen LogP contribution < -0.4 is 4.90 Å². The summed E-state index contributed by atoms with van der Waals surface area (Å²) in [4.78, 5) is 29.9. The zero-order chi connectivity index (χ0) is 16.6. The van der Waals surface area contributed by atoms with Crippen LogP contribution in [0.3, 0.4) is 0 Å². The quantitative estimate of drug-likeness (QED) is 0.939. The lowest BCUT2D eigenvalue weighted by Gasteiger charge is -2.25. The van der Waals surface area contributed by atoms with E-state index in [0.717, 1.165) is 0 Å². The van der Waals surface area contributed by atoms with E-state index in [1.807, 2.05) is 0 Å². The van der Waals surface area contributed by atoms with Gasteiger partial charge in [0.25, 0.3) is 5.91 Å². The van der Waals surface area contributed by atoms with Crippen molar-refractivity contribution in [2.75, 3.05) is 4.90 Å². The second-order valence-electron chi connectivity index (χ2n) is 5.14. The summed E-state index contributed by atoms with van der Waals surface area (Å²) in [7, 11) is 0. The van der Waals surface area contributed by atoms with Gasteiger partial charge in [0.2, 0.25) is 0 Å². The number of benzene rings is 1. The van der Waals surface area contributed by atoms with Gasteiger partial charge in [-0.3, -0.25) is 14.5 Å². The molecule has 1 aromatic carbocycles. The molecule has 1 aliphatic rings. The van der Waals surface area contributed by atoms with Gasteiger partial charge in [0.1, 0.15) is 5.82 Å². The minimum Gasteiger partial charge on any atom is -0.503 e. The van der Waals surface area contributed by atoms with Gasteiger partial charge in [-0.05, 0) is 36.8 Å². The number of halogens is 1. The van der Waals surface area contributed by atoms with E-state index in [0.29, 0.717) is 16.4 Å². The first kappa shape index (κ1) is 15.2. The van der Waals surface area contributed by atoms with Crippen molar-refractivity contribution in [3.63, 3.8) is 0 Å². The SMILES string of the molecule is CC(=O)C1=C(O)C(=O)N(c2ccccn2)[C@H]1c1ccc(Cl)cc1. The number of anilines is 1. The average Bonchev–Trinajstić information content (AvgIpc) is 2.81. The van der Waals surface area contributed by atoms with Gasteiger partial charge < -0.3 is 5.11 Å². The highest BCUT2D eigenvalue weighted by Gasteiger charge is 2.43. The molecule has 2 aromatic rings. The summed E-state index contributed by atoms with van der Waals surface area (Å²) in [5.74, 6) is -1.19. The van der Waals surface area contributed by atoms with E-state index in [2.05, 4.69) is 4.98 Å². The lowest BCUT2D eigenvalue weighted by molar-refractivity contribution is -0.117. The molecule has 5 nitrogen and oxygen atoms in total. The molecule has 1 atom stereocenters. The van der Waals surface area contributed by atoms with Gasteiger partial charge in [-0.25, -0.2) is 4.98 Å². The average molecular weight is 329 g/mol. The van der Waals surface area contributed by atoms with E-state index in [-0.39, 0.29) is 11.4 Å². The number of ketones is 1. The summed E-state index contributed by atoms with van der Waals surface area (Å²) in [6.07, 6.45) is 1.55. The molecule has 1 N–H and O–H groups in total. The maximum Gasteiger partial charge on any atom is 0.295 e. The van der Waals surface area contributed by atoms with Crippen LogP contribution in [0.15, 0.2) is 60.0 Å². The Morgan fingerprint density at radius 3 is 2.48 bits per heavy atom. The van der Waals surface area contributed by atoms with Crippen molar-refractivity contribution < 1.29 is 14.7 Å². The molecule has 3 rings (SSSR count). The number of pyridine rings is 1. The zero-order valence-electron chi connectivity index (χ0n) is 12.2. The van der Waals surface area contributed by atoms with E-state index >= 15 is 0 Å². The number of carbonyl (C=O) groups is 2. The Kier molecular flexibility index (Phi) is 3.88. The third kappa shape index (κ3) is 2.59. The van der Waals surface area contributed by atoms with E-state index in [1.54, 1.807) is 48.7 Å². The highest BCUT2D eigenvalue weighted by Crippen LogP contribution is 2.40. The molecule has 0 radical (unpaired) electrons. The van der Waals surface area contributed by atoms with Crippen LogP contribution in [0.1, 0.15) is 18.5 Å². The molecule has 0 fully saturated rings. The first-order chi connectivity index (χ1) is 11.0. The van der Waals surface area contributed by atoms with Gasteiger partial charge in [-0.15, -0.1) is 0 Å². The molecular formula is C17H13ClN2O3. The Morgan fingerprint density at radius 1 is 1.22 bits per heavy atom. The summed E-state index contributed by atoms with van der Waals surface area (Å²) in [5, 5.41) is 10.7. The Balaban J connectivity index is 2.17. The van der Waals surface area contributed by atoms with E-state index in [1.165, 1.54) is 11.8 Å². The zero-order valence-corrected chi connectivity index (χ0v) is 13.0. The van der Waals surface area contributed by atoms with Crippen molar-refractivity contribution in [3.05, 3.63) is 70.6 Å². The first-order valence-electron chi connectivity index (χ1n) is 6.95. The van der Waals surface area contributed by atoms with Crippen LogP contribution >= 0.6 is 11.6 Å². The van der Waals surface area contributed by atoms with Crippen molar-refractivity contribution in [2.24, 2.45) is 0 Å². The maximum absolute atomic E-state index is 12.5. The molecule has 6 heteroatoms. The highest BCUT2D eigenvalue weighted by molar-refractivity contribution is 6.30. The van der Waals surface area contributed by atoms with Gasteiger partial charge in [0.05, 0.1) is 11.6 Å². The minimum absolute atomic E-state index is 0.0583. The topological polar surface area (TPSA) is 70.5 Å². The van der Waals surface area contributed by atoms with Crippen LogP contribution in [-0.4, -0.2) is 21.8 Å². The van der Waals surface area contributed by atoms with Crippen LogP contribution in [0.5, 0.6) is 0 Å². The second-order valence-corrected chi connectivity index (χ2v) is 5.57. The number of hydrogen-bond acceptors (Lipinski definition) is 4. The minimum atomic E-state index is -0.729. The molecule has 0 saturated carbocycles. The Bertz CT molecular complexity index is 800. The van der Waals surface area contributed by atoms with Crippen LogP contribution in [0.25, 0.3) is 0 Å². The molecule has 1 amide bonds. The third-order valence-electron chi connectivity index (χ3n) is 3.67. The summed E-state index contributed by atoms with van der Waals surface area (Å²) in [5.41, 5.74) is 0.727. The Morgan fingerprint density at radius 2 is 1.91 bits per heavy atom. The number of aliphatic hydroxyl groups is 1. The van der Waals surface area contributed by atoms with E-state index in [9.17, 15) is 14.7 Å². The molecule has 116 valence electrons. The van der Waals surface area contributed by atoms with Crippen molar-refractivity contribution in [3.8, 4) is 0 Å². The largest absolute Gasteiger partial charge is 0.503 e. The number of amides is 1. The molecular weight excluding hydrogens is 316 g/mol. The van der Waals surface area contributed by atoms with Crippen molar-refractivity contribution in [1.82, 2.24) is 4.98 Å². The van der Waals surface area contributed by atoms with Gasteiger partial charge in [0, 0.05) is 11.2 Å². The van der Waals surface area contributed by atoms with Gasteiger partial charge in [-0.1, -0.05) is 29.8 Å². The summed E-state index contributed by atoms with van der Waals surface area (Å²) in [6.45, 7) is 1.32. The lowest BCUT2D eigenvalue weighted by Crippen LogP contribution is -2.31. The smallest absolute Gasteiger partial charge is 0.295 e. The fourth-order valence-electron chi connectivity index (χ4n) is 2.66. The molecule has 0 bridgehead atoms. The van der Waals surface area contributed by atoms with E-state index < -0.39 is 17.7 Å². The molecule has 0 saturated heterocycles. The van der Waals surface area contributed by atoms with Crippen molar-refractivity contribution >= 4 is 29.1 Å². The predicted molar refractivity (Wildman–Crippen MR) is 86.3 cm³/mol. The molecule has 1 aromatic heterocycles. The molecule has 23 heavy (non-hydrogen) atoms. The predicted octanol–water partition coefficient (Wildman–Crippen LogP) is 3.22. The molecule has 0 unspecified atom stereocenters. The van der Waals surface area contributed by atoms with Gasteiger partial charge in [-0.2, -0.15) is 0 Å². The van der Waals surface area contributed by atoms with Crippen molar-refractivity contribution in [2.45, 2.75) is 13.0 Å². The fourth-order valence-corrected chi connectivity index (χ4v) is 2.78. The molecule has 2 heterocycles. The Hall–Kier alpha value is -2.66. The number of carbonyl (C=O) groups excluding carboxylic acids is 2. The lowest BCUT2D eigenvalue weighted by atomic mass is 9.97. The van der Waals surface area contributed by atoms with E-state index in [4.69, 9.17) is 11.6 Å². The normalized spacial score (nSPS) is 17.7. The highest BCUT2D eigenvalue weighted by atomic mass is 35.5. The summed E-state index contributed by atoms with van der Waals surface area (Å²) in [6, 6.07) is 11.2. The van der Waals surface area contributed by atoms with Crippen LogP contribution in [-0.2, 0) is 9.59 Å². The van der Waals surface area contributed by atoms with Gasteiger partial charge >= 0.3 is 0 Å². The number of hydrogen-bond donors (Lipinski definition) is 1. The molecule has 0 spiro atoms. The second kappa shape index (κ2) is 5.85. The fraction of sp³-hybridized carbons (Fsp3) is 0.118. The van der Waals surface area contributed by atoms with Crippen LogP contribution in [0, 0.1) is 0 Å². The van der Waals surface area contributed by atoms with Crippen LogP contribution in [0.2, 0.25) is 5.02 Å². The number of aliphatic hydroxyl groups excluding tert-OH is 1. The molecule has 0 aliphatic carbocycles.